The van der Waals surface area contributed by atoms with Crippen LogP contribution in [0.5, 0.6) is 0 Å². The maximum absolute atomic E-state index is 12.8. The number of hydrogen-bond acceptors (Lipinski definition) is 5. The van der Waals surface area contributed by atoms with Gasteiger partial charge in [0.15, 0.2) is 0 Å². The maximum atomic E-state index is 12.8. The van der Waals surface area contributed by atoms with E-state index in [-0.39, 0.29) is 18.1 Å². The number of ether oxygens (including phenoxy) is 1. The van der Waals surface area contributed by atoms with Gasteiger partial charge in [-0.2, -0.15) is 5.26 Å². The first-order valence-corrected chi connectivity index (χ1v) is 10.5. The van der Waals surface area contributed by atoms with Gasteiger partial charge < -0.3 is 25.6 Å². The topological polar surface area (TPSA) is 112 Å². The predicted octanol–water partition coefficient (Wildman–Crippen LogP) is 1.46. The third-order valence-corrected chi connectivity index (χ3v) is 6.45. The SMILES string of the molecule is N#Cc1cccc(C2=C(Cl)N3CCN(C(=O)NC4CCOCC4)CC3C2C(N)=O)c1. The summed E-state index contributed by atoms with van der Waals surface area (Å²) in [5.74, 6) is -1.16. The number of carbonyl (C=O) groups is 2. The fourth-order valence-electron chi connectivity index (χ4n) is 4.49. The third kappa shape index (κ3) is 3.83. The molecule has 1 aromatic rings. The van der Waals surface area contributed by atoms with Gasteiger partial charge in [-0.3, -0.25) is 4.79 Å². The molecular weight excluding hydrogens is 406 g/mol. The van der Waals surface area contributed by atoms with Crippen LogP contribution in [0.25, 0.3) is 5.57 Å². The highest BCUT2D eigenvalue weighted by atomic mass is 35.5. The molecule has 0 saturated carbocycles. The van der Waals surface area contributed by atoms with Crippen LogP contribution in [0.15, 0.2) is 29.4 Å². The lowest BCUT2D eigenvalue weighted by Crippen LogP contribution is -2.58. The lowest BCUT2D eigenvalue weighted by Gasteiger charge is -2.41. The molecule has 3 aliphatic rings. The quantitative estimate of drug-likeness (QED) is 0.706. The molecule has 2 saturated heterocycles. The molecule has 2 fully saturated rings. The molecule has 3 heterocycles. The van der Waals surface area contributed by atoms with Crippen LogP contribution in [0.4, 0.5) is 4.79 Å². The summed E-state index contributed by atoms with van der Waals surface area (Å²) in [6.45, 7) is 2.65. The van der Waals surface area contributed by atoms with E-state index in [2.05, 4.69) is 11.4 Å². The van der Waals surface area contributed by atoms with Crippen molar-refractivity contribution in [3.05, 3.63) is 40.5 Å². The Bertz CT molecular complexity index is 921. The zero-order valence-corrected chi connectivity index (χ0v) is 17.3. The van der Waals surface area contributed by atoms with Crippen LogP contribution in [-0.4, -0.2) is 66.7 Å². The number of piperazine rings is 1. The molecular formula is C21H24ClN5O3. The number of amides is 3. The molecule has 30 heavy (non-hydrogen) atoms. The highest BCUT2D eigenvalue weighted by Gasteiger charge is 2.47. The molecule has 0 aromatic heterocycles. The number of halogens is 1. The van der Waals surface area contributed by atoms with Gasteiger partial charge in [-0.25, -0.2) is 4.79 Å². The van der Waals surface area contributed by atoms with Crippen molar-refractivity contribution >= 4 is 29.1 Å². The summed E-state index contributed by atoms with van der Waals surface area (Å²) in [7, 11) is 0. The van der Waals surface area contributed by atoms with Gasteiger partial charge >= 0.3 is 6.03 Å². The monoisotopic (exact) mass is 429 g/mol. The van der Waals surface area contributed by atoms with Crippen LogP contribution in [0.1, 0.15) is 24.0 Å². The smallest absolute Gasteiger partial charge is 0.317 e. The molecule has 3 N–H and O–H groups in total. The summed E-state index contributed by atoms with van der Waals surface area (Å²) in [6, 6.07) is 8.73. The Labute approximate surface area is 180 Å². The van der Waals surface area contributed by atoms with Crippen LogP contribution in [0.3, 0.4) is 0 Å². The van der Waals surface area contributed by atoms with Crippen LogP contribution in [-0.2, 0) is 9.53 Å². The zero-order valence-electron chi connectivity index (χ0n) is 16.5. The standard InChI is InChI=1S/C21H24ClN5O3/c22-19-17(14-3-1-2-13(10-14)11-23)18(20(24)28)16-12-26(6-7-27(16)19)21(29)25-15-4-8-30-9-5-15/h1-3,10,15-16,18H,4-9,12H2,(H2,24,28)(H,25,29). The van der Waals surface area contributed by atoms with Crippen LogP contribution in [0.2, 0.25) is 0 Å². The molecule has 158 valence electrons. The summed E-state index contributed by atoms with van der Waals surface area (Å²) in [4.78, 5) is 28.9. The van der Waals surface area contributed by atoms with Gasteiger partial charge in [0.1, 0.15) is 5.16 Å². The van der Waals surface area contributed by atoms with E-state index in [9.17, 15) is 14.9 Å². The van der Waals surface area contributed by atoms with Crippen molar-refractivity contribution in [3.63, 3.8) is 0 Å². The molecule has 1 aromatic carbocycles. The molecule has 4 rings (SSSR count). The first-order valence-electron chi connectivity index (χ1n) is 10.1. The van der Waals surface area contributed by atoms with E-state index in [4.69, 9.17) is 22.1 Å². The predicted molar refractivity (Wildman–Crippen MR) is 111 cm³/mol. The number of nitriles is 1. The van der Waals surface area contributed by atoms with Crippen molar-refractivity contribution in [1.82, 2.24) is 15.1 Å². The Kier molecular flexibility index (Phi) is 5.84. The minimum Gasteiger partial charge on any atom is -0.381 e. The van der Waals surface area contributed by atoms with Crippen molar-refractivity contribution in [2.75, 3.05) is 32.8 Å². The van der Waals surface area contributed by atoms with E-state index in [0.717, 1.165) is 12.8 Å². The van der Waals surface area contributed by atoms with Gasteiger partial charge in [0, 0.05) is 44.5 Å². The molecule has 0 spiro atoms. The molecule has 2 unspecified atom stereocenters. The van der Waals surface area contributed by atoms with E-state index < -0.39 is 11.8 Å². The second-order valence-electron chi connectivity index (χ2n) is 7.82. The number of rotatable bonds is 3. The molecule has 3 amide bonds. The Morgan fingerprint density at radius 2 is 2.03 bits per heavy atom. The third-order valence-electron chi connectivity index (χ3n) is 6.03. The number of benzene rings is 1. The van der Waals surface area contributed by atoms with Gasteiger partial charge in [-0.1, -0.05) is 23.7 Å². The Hall–Kier alpha value is -2.76. The first-order chi connectivity index (χ1) is 14.5. The van der Waals surface area contributed by atoms with Gasteiger partial charge in [-0.05, 0) is 30.5 Å². The van der Waals surface area contributed by atoms with E-state index in [1.807, 2.05) is 11.0 Å². The Balaban J connectivity index is 1.55. The number of primary amides is 1. The fraction of sp³-hybridized carbons (Fsp3) is 0.476. The Morgan fingerprint density at radius 1 is 1.27 bits per heavy atom. The molecule has 0 radical (unpaired) electrons. The normalized spacial score (nSPS) is 24.4. The molecule has 2 atom stereocenters. The number of nitrogens with zero attached hydrogens (tertiary/aromatic N) is 3. The Morgan fingerprint density at radius 3 is 2.73 bits per heavy atom. The highest BCUT2D eigenvalue weighted by Crippen LogP contribution is 2.43. The fourth-order valence-corrected chi connectivity index (χ4v) is 4.93. The van der Waals surface area contributed by atoms with E-state index >= 15 is 0 Å². The van der Waals surface area contributed by atoms with Crippen LogP contribution in [0, 0.1) is 17.2 Å². The molecule has 0 bridgehead atoms. The van der Waals surface area contributed by atoms with E-state index in [0.29, 0.717) is 54.7 Å². The van der Waals surface area contributed by atoms with Gasteiger partial charge in [0.2, 0.25) is 5.91 Å². The van der Waals surface area contributed by atoms with Crippen LogP contribution >= 0.6 is 11.6 Å². The number of urea groups is 1. The molecule has 9 heteroatoms. The average molecular weight is 430 g/mol. The van der Waals surface area contributed by atoms with Crippen LogP contribution < -0.4 is 11.1 Å². The number of fused-ring (bicyclic) bond motifs is 1. The summed E-state index contributed by atoms with van der Waals surface area (Å²) in [6.07, 6.45) is 1.59. The first kappa shape index (κ1) is 20.5. The van der Waals surface area contributed by atoms with Gasteiger partial charge in [-0.15, -0.1) is 0 Å². The minimum atomic E-state index is -0.662. The lowest BCUT2D eigenvalue weighted by atomic mass is 9.88. The number of carbonyl (C=O) groups excluding carboxylic acids is 2. The van der Waals surface area contributed by atoms with Gasteiger partial charge in [0.25, 0.3) is 0 Å². The van der Waals surface area contributed by atoms with Crippen molar-refractivity contribution in [3.8, 4) is 6.07 Å². The largest absolute Gasteiger partial charge is 0.381 e. The summed E-state index contributed by atoms with van der Waals surface area (Å²) < 4.78 is 5.34. The zero-order chi connectivity index (χ0) is 21.3. The summed E-state index contributed by atoms with van der Waals surface area (Å²) in [5.41, 5.74) is 7.59. The molecule has 0 aliphatic carbocycles. The van der Waals surface area contributed by atoms with Crippen molar-refractivity contribution in [1.29, 1.82) is 5.26 Å². The van der Waals surface area contributed by atoms with E-state index in [1.54, 1.807) is 23.1 Å². The average Bonchev–Trinajstić information content (AvgIpc) is 3.06. The van der Waals surface area contributed by atoms with Gasteiger partial charge in [0.05, 0.1) is 23.6 Å². The summed E-state index contributed by atoms with van der Waals surface area (Å²) >= 11 is 6.69. The highest BCUT2D eigenvalue weighted by molar-refractivity contribution is 6.33. The van der Waals surface area contributed by atoms with Crippen molar-refractivity contribution in [2.24, 2.45) is 11.7 Å². The van der Waals surface area contributed by atoms with E-state index in [1.165, 1.54) is 0 Å². The van der Waals surface area contributed by atoms with Crippen molar-refractivity contribution in [2.45, 2.75) is 24.9 Å². The summed E-state index contributed by atoms with van der Waals surface area (Å²) in [5, 5.41) is 12.8. The number of nitrogens with two attached hydrogens (primary N) is 1. The number of nitrogens with one attached hydrogen (secondary N) is 1. The van der Waals surface area contributed by atoms with Crippen molar-refractivity contribution < 1.29 is 14.3 Å². The maximum Gasteiger partial charge on any atom is 0.317 e. The second kappa shape index (κ2) is 8.54. The number of hydrogen-bond donors (Lipinski definition) is 2. The molecule has 3 aliphatic heterocycles. The second-order valence-corrected chi connectivity index (χ2v) is 8.18. The lowest BCUT2D eigenvalue weighted by molar-refractivity contribution is -0.121. The minimum absolute atomic E-state index is 0.103. The molecule has 8 nitrogen and oxygen atoms in total.